The number of nitrogens with zero attached hydrogens (tertiary/aromatic N) is 3. The average Bonchev–Trinajstić information content (AvgIpc) is 3.45. The number of halogens is 1. The molecule has 0 saturated carbocycles. The van der Waals surface area contributed by atoms with Crippen molar-refractivity contribution in [3.05, 3.63) is 77.0 Å². The van der Waals surface area contributed by atoms with Crippen LogP contribution in [0.1, 0.15) is 0 Å². The standard InChI is InChI=1S/C22H15FN4O5/c23-14-5-3-13(4-6-14)20-25-21(32-26-20)16-2-1-9-27(22(16)29)11-19(28)24-15-7-8-17-18(10-15)31-12-30-17/h1-10H,11-12H2,(H,24,28). The molecule has 4 aromatic rings. The lowest BCUT2D eigenvalue weighted by atomic mass is 10.2. The van der Waals surface area contributed by atoms with E-state index < -0.39 is 11.5 Å². The molecule has 5 rings (SSSR count). The maximum Gasteiger partial charge on any atom is 0.263 e. The van der Waals surface area contributed by atoms with E-state index >= 15 is 0 Å². The number of ether oxygens (including phenoxy) is 2. The molecule has 0 fully saturated rings. The van der Waals surface area contributed by atoms with E-state index in [-0.39, 0.29) is 36.4 Å². The first kappa shape index (κ1) is 19.5. The van der Waals surface area contributed by atoms with Gasteiger partial charge in [0.05, 0.1) is 0 Å². The summed E-state index contributed by atoms with van der Waals surface area (Å²) in [5.74, 6) is 0.570. The maximum atomic E-state index is 13.1. The Labute approximate surface area is 180 Å². The number of rotatable bonds is 5. The molecule has 32 heavy (non-hydrogen) atoms. The van der Waals surface area contributed by atoms with Crippen LogP contribution in [0.15, 0.2) is 70.1 Å². The van der Waals surface area contributed by atoms with Crippen molar-refractivity contribution in [1.29, 1.82) is 0 Å². The Balaban J connectivity index is 1.34. The number of carbonyl (C=O) groups is 1. The number of benzene rings is 2. The van der Waals surface area contributed by atoms with Crippen molar-refractivity contribution in [3.8, 4) is 34.3 Å². The van der Waals surface area contributed by atoms with Gasteiger partial charge < -0.3 is 23.9 Å². The van der Waals surface area contributed by atoms with Crippen molar-refractivity contribution in [2.45, 2.75) is 6.54 Å². The zero-order valence-electron chi connectivity index (χ0n) is 16.4. The SMILES string of the molecule is O=C(Cn1cccc(-c2nc(-c3ccc(F)cc3)no2)c1=O)Nc1ccc2c(c1)OCO2. The van der Waals surface area contributed by atoms with Crippen LogP contribution in [0.5, 0.6) is 11.5 Å². The lowest BCUT2D eigenvalue weighted by Crippen LogP contribution is -2.28. The molecule has 0 bridgehead atoms. The number of aromatic nitrogens is 3. The largest absolute Gasteiger partial charge is 0.454 e. The summed E-state index contributed by atoms with van der Waals surface area (Å²) < 4.78 is 30.1. The van der Waals surface area contributed by atoms with Gasteiger partial charge in [0.25, 0.3) is 11.4 Å². The molecule has 0 atom stereocenters. The van der Waals surface area contributed by atoms with Gasteiger partial charge in [0, 0.05) is 23.5 Å². The second kappa shape index (κ2) is 7.99. The fourth-order valence-electron chi connectivity index (χ4n) is 3.20. The first-order chi connectivity index (χ1) is 15.6. The Hall–Kier alpha value is -4.47. The molecular formula is C22H15FN4O5. The molecule has 1 aliphatic heterocycles. The van der Waals surface area contributed by atoms with Gasteiger partial charge in [0.15, 0.2) is 11.5 Å². The molecule has 0 radical (unpaired) electrons. The van der Waals surface area contributed by atoms with Gasteiger partial charge in [0.2, 0.25) is 18.5 Å². The highest BCUT2D eigenvalue weighted by atomic mass is 19.1. The van der Waals surface area contributed by atoms with Crippen LogP contribution in [0, 0.1) is 5.82 Å². The quantitative estimate of drug-likeness (QED) is 0.514. The van der Waals surface area contributed by atoms with Crippen LogP contribution in [0.25, 0.3) is 22.8 Å². The van der Waals surface area contributed by atoms with Gasteiger partial charge in [-0.2, -0.15) is 4.98 Å². The Morgan fingerprint density at radius 2 is 1.91 bits per heavy atom. The third kappa shape index (κ3) is 3.81. The van der Waals surface area contributed by atoms with Crippen LogP contribution in [0.3, 0.4) is 0 Å². The Morgan fingerprint density at radius 3 is 2.75 bits per heavy atom. The minimum Gasteiger partial charge on any atom is -0.454 e. The Bertz CT molecular complexity index is 1360. The van der Waals surface area contributed by atoms with Crippen molar-refractivity contribution in [1.82, 2.24) is 14.7 Å². The number of hydrogen-bond acceptors (Lipinski definition) is 7. The molecule has 2 aromatic heterocycles. The van der Waals surface area contributed by atoms with Crippen molar-refractivity contribution in [2.75, 3.05) is 12.1 Å². The van der Waals surface area contributed by atoms with E-state index in [4.69, 9.17) is 14.0 Å². The molecule has 2 aromatic carbocycles. The molecule has 9 nitrogen and oxygen atoms in total. The van der Waals surface area contributed by atoms with E-state index in [0.29, 0.717) is 22.7 Å². The Morgan fingerprint density at radius 1 is 1.09 bits per heavy atom. The summed E-state index contributed by atoms with van der Waals surface area (Å²) in [4.78, 5) is 29.6. The van der Waals surface area contributed by atoms with E-state index in [9.17, 15) is 14.0 Å². The maximum absolute atomic E-state index is 13.1. The van der Waals surface area contributed by atoms with Crippen molar-refractivity contribution in [2.24, 2.45) is 0 Å². The number of nitrogens with one attached hydrogen (secondary N) is 1. The van der Waals surface area contributed by atoms with Crippen LogP contribution >= 0.6 is 0 Å². The predicted octanol–water partition coefficient (Wildman–Crippen LogP) is 3.07. The van der Waals surface area contributed by atoms with Crippen LogP contribution in [0.2, 0.25) is 0 Å². The van der Waals surface area contributed by atoms with E-state index in [1.807, 2.05) is 0 Å². The van der Waals surface area contributed by atoms with E-state index in [1.54, 1.807) is 24.3 Å². The van der Waals surface area contributed by atoms with Crippen LogP contribution < -0.4 is 20.3 Å². The molecule has 1 aliphatic rings. The fourth-order valence-corrected chi connectivity index (χ4v) is 3.20. The monoisotopic (exact) mass is 434 g/mol. The minimum atomic E-state index is -0.470. The summed E-state index contributed by atoms with van der Waals surface area (Å²) in [7, 11) is 0. The third-order valence-corrected chi connectivity index (χ3v) is 4.75. The van der Waals surface area contributed by atoms with E-state index in [2.05, 4.69) is 15.5 Å². The molecule has 0 spiro atoms. The highest BCUT2D eigenvalue weighted by molar-refractivity contribution is 5.91. The number of pyridine rings is 1. The Kier molecular flexibility index (Phi) is 4.86. The van der Waals surface area contributed by atoms with Gasteiger partial charge >= 0.3 is 0 Å². The summed E-state index contributed by atoms with van der Waals surface area (Å²) in [6.07, 6.45) is 1.49. The predicted molar refractivity (Wildman–Crippen MR) is 111 cm³/mol. The highest BCUT2D eigenvalue weighted by Gasteiger charge is 2.17. The molecular weight excluding hydrogens is 419 g/mol. The van der Waals surface area contributed by atoms with Gasteiger partial charge in [-0.15, -0.1) is 0 Å². The summed E-state index contributed by atoms with van der Waals surface area (Å²) >= 11 is 0. The fraction of sp³-hybridized carbons (Fsp3) is 0.0909. The summed E-state index contributed by atoms with van der Waals surface area (Å²) in [6, 6.07) is 13.7. The number of fused-ring (bicyclic) bond motifs is 1. The minimum absolute atomic E-state index is 0.000135. The topological polar surface area (TPSA) is 108 Å². The second-order valence-electron chi connectivity index (χ2n) is 6.90. The van der Waals surface area contributed by atoms with Crippen molar-refractivity contribution < 1.29 is 23.2 Å². The molecule has 3 heterocycles. The molecule has 0 aliphatic carbocycles. The first-order valence-corrected chi connectivity index (χ1v) is 9.56. The van der Waals surface area contributed by atoms with Crippen LogP contribution in [-0.4, -0.2) is 27.4 Å². The zero-order chi connectivity index (χ0) is 22.1. The van der Waals surface area contributed by atoms with Crippen LogP contribution in [-0.2, 0) is 11.3 Å². The number of carbonyl (C=O) groups excluding carboxylic acids is 1. The van der Waals surface area contributed by atoms with Gasteiger partial charge in [0.1, 0.15) is 17.9 Å². The summed E-state index contributed by atoms with van der Waals surface area (Å²) in [6.45, 7) is -0.0897. The molecule has 10 heteroatoms. The molecule has 0 saturated heterocycles. The van der Waals surface area contributed by atoms with E-state index in [0.717, 1.165) is 0 Å². The van der Waals surface area contributed by atoms with Crippen LogP contribution in [0.4, 0.5) is 10.1 Å². The molecule has 0 unspecified atom stereocenters. The third-order valence-electron chi connectivity index (χ3n) is 4.75. The second-order valence-corrected chi connectivity index (χ2v) is 6.90. The number of anilines is 1. The van der Waals surface area contributed by atoms with Gasteiger partial charge in [-0.05, 0) is 48.5 Å². The lowest BCUT2D eigenvalue weighted by Gasteiger charge is -2.08. The van der Waals surface area contributed by atoms with Gasteiger partial charge in [-0.1, -0.05) is 5.16 Å². The molecule has 160 valence electrons. The lowest BCUT2D eigenvalue weighted by molar-refractivity contribution is -0.116. The molecule has 1 amide bonds. The summed E-state index contributed by atoms with van der Waals surface area (Å²) in [5.41, 5.74) is 0.733. The number of amides is 1. The van der Waals surface area contributed by atoms with Crippen molar-refractivity contribution in [3.63, 3.8) is 0 Å². The average molecular weight is 434 g/mol. The first-order valence-electron chi connectivity index (χ1n) is 9.56. The zero-order valence-corrected chi connectivity index (χ0v) is 16.4. The normalized spacial score (nSPS) is 12.0. The summed E-state index contributed by atoms with van der Waals surface area (Å²) in [5, 5.41) is 6.57. The van der Waals surface area contributed by atoms with Gasteiger partial charge in [-0.25, -0.2) is 4.39 Å². The van der Waals surface area contributed by atoms with Gasteiger partial charge in [-0.3, -0.25) is 9.59 Å². The smallest absolute Gasteiger partial charge is 0.263 e. The molecule has 1 N–H and O–H groups in total. The number of hydrogen-bond donors (Lipinski definition) is 1. The highest BCUT2D eigenvalue weighted by Crippen LogP contribution is 2.34. The van der Waals surface area contributed by atoms with E-state index in [1.165, 1.54) is 41.1 Å². The van der Waals surface area contributed by atoms with Crippen molar-refractivity contribution >= 4 is 11.6 Å².